The van der Waals surface area contributed by atoms with Crippen LogP contribution < -0.4 is 69.1 Å². The number of rotatable bonds is 50. The molecule has 121 heavy (non-hydrogen) atoms. The van der Waals surface area contributed by atoms with Crippen LogP contribution in [0.1, 0.15) is 114 Å². The molecule has 0 spiro atoms. The zero-order valence-electron chi connectivity index (χ0n) is 68.6. The van der Waals surface area contributed by atoms with Crippen LogP contribution in [0.5, 0.6) is 0 Å². The van der Waals surface area contributed by atoms with Gasteiger partial charge in [0.1, 0.15) is 11.4 Å². The molecule has 5 aromatic heterocycles. The average Bonchev–Trinajstić information content (AvgIpc) is 1.65. The second-order valence-corrected chi connectivity index (χ2v) is 28.2. The number of aromatic nitrogens is 8. The fourth-order valence-corrected chi connectivity index (χ4v) is 12.6. The van der Waals surface area contributed by atoms with Crippen LogP contribution in [0.4, 0.5) is 40.2 Å². The van der Waals surface area contributed by atoms with E-state index in [9.17, 15) is 47.9 Å². The number of imidazole rings is 3. The zero-order chi connectivity index (χ0) is 86.7. The molecule has 1 aliphatic rings. The second kappa shape index (κ2) is 47.4. The number of guanidine groups is 1. The van der Waals surface area contributed by atoms with Gasteiger partial charge in [0.25, 0.3) is 35.4 Å². The molecule has 3 aromatic carbocycles. The number of anilines is 7. The van der Waals surface area contributed by atoms with Gasteiger partial charge in [-0.1, -0.05) is 29.8 Å². The zero-order valence-corrected chi connectivity index (χ0v) is 69.3. The Morgan fingerprint density at radius 1 is 0.421 bits per heavy atom. The smallest absolute Gasteiger partial charge is 0.291 e. The van der Waals surface area contributed by atoms with E-state index in [4.69, 9.17) is 60.6 Å². The number of halogens is 1. The molecule has 0 unspecified atom stereocenters. The lowest BCUT2D eigenvalue weighted by Gasteiger charge is -2.39. The Kier molecular flexibility index (Phi) is 36.2. The third-order valence-corrected chi connectivity index (χ3v) is 18.6. The molecule has 6 heterocycles. The molecule has 8 aromatic rings. The minimum Gasteiger partial charge on any atom is -0.378 e. The summed E-state index contributed by atoms with van der Waals surface area (Å²) >= 11 is 6.14. The molecular weight excluding hydrogens is 1590 g/mol. The number of nitrogens with one attached hydrogen (secondary N) is 12. The Morgan fingerprint density at radius 3 is 1.20 bits per heavy atom. The Balaban J connectivity index is 0.522. The van der Waals surface area contributed by atoms with Crippen molar-refractivity contribution in [3.63, 3.8) is 0 Å². The number of carbonyl (C=O) groups excluding carboxylic acids is 10. The summed E-state index contributed by atoms with van der Waals surface area (Å²) in [6, 6.07) is 24.0. The average molecular weight is 1700 g/mol. The molecule has 0 aliphatic carbocycles. The molecule has 0 fully saturated rings. The summed E-state index contributed by atoms with van der Waals surface area (Å²) in [4.78, 5) is 144. The summed E-state index contributed by atoms with van der Waals surface area (Å²) in [7, 11) is 7.90. The maximum atomic E-state index is 13.4. The molecule has 0 saturated heterocycles. The van der Waals surface area contributed by atoms with Crippen molar-refractivity contribution in [1.82, 2.24) is 64.4 Å². The van der Waals surface area contributed by atoms with Gasteiger partial charge in [-0.15, -0.1) is 0 Å². The number of nitrogens with zero attached hydrogens (tertiary/aromatic N) is 9. The molecule has 14 N–H and O–H groups in total. The number of carbonyl (C=O) groups is 10. The van der Waals surface area contributed by atoms with Crippen LogP contribution in [0.25, 0.3) is 11.1 Å². The number of hydrogen-bond donors (Lipinski definition) is 13. The number of amides is 10. The van der Waals surface area contributed by atoms with Crippen LogP contribution in [0.2, 0.25) is 5.02 Å². The van der Waals surface area contributed by atoms with Gasteiger partial charge in [-0.2, -0.15) is 0 Å². The maximum Gasteiger partial charge on any atom is 0.291 e. The van der Waals surface area contributed by atoms with Crippen molar-refractivity contribution in [2.24, 2.45) is 41.0 Å². The molecule has 0 radical (unpaired) electrons. The first-order valence-corrected chi connectivity index (χ1v) is 39.5. The maximum absolute atomic E-state index is 13.4. The van der Waals surface area contributed by atoms with Crippen molar-refractivity contribution in [2.45, 2.75) is 51.6 Å². The van der Waals surface area contributed by atoms with Crippen molar-refractivity contribution in [2.75, 3.05) is 175 Å². The van der Waals surface area contributed by atoms with Crippen molar-refractivity contribution >= 4 is 117 Å². The number of nitrogens with two attached hydrogens (primary N) is 1. The van der Waals surface area contributed by atoms with Crippen LogP contribution in [-0.2, 0) is 92.3 Å². The predicted molar refractivity (Wildman–Crippen MR) is 449 cm³/mol. The molecular formula is C80H105ClN22O18. The van der Waals surface area contributed by atoms with Crippen molar-refractivity contribution < 1.29 is 85.8 Å². The van der Waals surface area contributed by atoms with Gasteiger partial charge in [-0.25, -0.2) is 15.0 Å². The lowest BCUT2D eigenvalue weighted by molar-refractivity contribution is -0.117. The van der Waals surface area contributed by atoms with Crippen LogP contribution >= 0.6 is 11.6 Å². The fourth-order valence-electron chi connectivity index (χ4n) is 12.5. The van der Waals surface area contributed by atoms with E-state index in [1.165, 1.54) is 66.0 Å². The van der Waals surface area contributed by atoms with E-state index >= 15 is 0 Å². The van der Waals surface area contributed by atoms with Crippen molar-refractivity contribution in [3.05, 3.63) is 155 Å². The van der Waals surface area contributed by atoms with Crippen LogP contribution in [-0.4, -0.2) is 247 Å². The van der Waals surface area contributed by atoms with Crippen molar-refractivity contribution in [1.29, 1.82) is 5.41 Å². The van der Waals surface area contributed by atoms with E-state index in [-0.39, 0.29) is 140 Å². The van der Waals surface area contributed by atoms with Crippen molar-refractivity contribution in [3.8, 4) is 11.1 Å². The van der Waals surface area contributed by atoms with Crippen LogP contribution in [0, 0.1) is 5.41 Å². The lowest BCUT2D eigenvalue weighted by atomic mass is 9.88. The van der Waals surface area contributed by atoms with Gasteiger partial charge in [0, 0.05) is 153 Å². The first-order valence-electron chi connectivity index (χ1n) is 39.1. The highest BCUT2D eigenvalue weighted by molar-refractivity contribution is 6.30. The molecule has 40 nitrogen and oxygen atoms in total. The van der Waals surface area contributed by atoms with E-state index < -0.39 is 47.3 Å². The third kappa shape index (κ3) is 29.5. The summed E-state index contributed by atoms with van der Waals surface area (Å²) in [5.74, 6) is -4.47. The SMILES string of the molecule is CC(=O)N1c2ccc(-c3ccc(C(=O)NCCOCCOCCOCCOCCOCCOCCOCCOCCNC(=O)c4nc(NC(=O)CCNC(=O)c5cc(NC(=O)c6nc(NC(=O)CCNC(=O)c7cc(NC(=O)c8nc(NC(=O)CCNC(=N)N)cn8C)cn7C)cn6C)cn5C)cn4C)cc3)cc2[C@H](Nc2ccc(Cl)cc2)C[C@@H]1C. The van der Waals surface area contributed by atoms with E-state index in [1.807, 2.05) is 53.4 Å². The number of benzene rings is 3. The van der Waals surface area contributed by atoms with E-state index in [0.29, 0.717) is 116 Å². The molecule has 9 rings (SSSR count). The Hall–Kier alpha value is -12.4. The first kappa shape index (κ1) is 92.5. The van der Waals surface area contributed by atoms with Gasteiger partial charge in [0.2, 0.25) is 41.1 Å². The summed E-state index contributed by atoms with van der Waals surface area (Å²) < 4.78 is 51.8. The fraction of sp³-hybridized carbons (Fsp3) is 0.425. The standard InChI is InChI=1S/C80H105ClN22O18/c1-51-42-61(89-57-15-13-56(81)14-16-57)60-43-55(12-17-62(60)103(51)52(2)104)53-8-10-54(11-9-53)74(108)86-24-26-114-28-30-116-32-34-118-36-38-120-40-41-121-39-37-119-35-33-117-31-29-115-27-25-87-77(111)71-95-65(48-100(71)5)92-68(105)18-21-84-75(109)63-44-58(46-98(63)3)90-78(112)72-96-66(49-101(72)6)93-69(106)19-22-85-76(110)64-45-59(47-99(64)4)91-79(113)73-97-67(50-102(73)7)94-70(107)20-23-88-80(82)83/h8-17,43-51,61,89H,18-42H2,1-7H3,(H,84,109)(H,85,110)(H,86,108)(H,87,111)(H,90,112)(H,91,113)(H,92,105)(H,93,106)(H,94,107)(H4,82,83,88)/t51-,61+/m0/s1. The summed E-state index contributed by atoms with van der Waals surface area (Å²) in [5.41, 5.74) is 11.4. The minimum absolute atomic E-state index is 0.00421. The molecule has 10 amide bonds. The Bertz CT molecular complexity index is 4850. The number of aryl methyl sites for hydroxylation is 5. The van der Waals surface area contributed by atoms with Gasteiger partial charge >= 0.3 is 0 Å². The highest BCUT2D eigenvalue weighted by Gasteiger charge is 2.33. The Morgan fingerprint density at radius 2 is 0.793 bits per heavy atom. The molecule has 2 atom stereocenters. The molecule has 0 saturated carbocycles. The van der Waals surface area contributed by atoms with Gasteiger partial charge in [0.15, 0.2) is 23.4 Å². The molecule has 1 aliphatic heterocycles. The predicted octanol–water partition coefficient (Wildman–Crippen LogP) is 4.31. The summed E-state index contributed by atoms with van der Waals surface area (Å²) in [5, 5.41) is 38.1. The molecule has 650 valence electrons. The molecule has 41 heteroatoms. The monoisotopic (exact) mass is 1700 g/mol. The summed E-state index contributed by atoms with van der Waals surface area (Å²) in [6.07, 6.45) is 7.79. The third-order valence-electron chi connectivity index (χ3n) is 18.3. The van der Waals surface area contributed by atoms with Gasteiger partial charge < -0.3 is 130 Å². The van der Waals surface area contributed by atoms with E-state index in [2.05, 4.69) is 86.4 Å². The van der Waals surface area contributed by atoms with Gasteiger partial charge in [-0.3, -0.25) is 53.4 Å². The lowest BCUT2D eigenvalue weighted by Crippen LogP contribution is -2.43. The van der Waals surface area contributed by atoms with E-state index in [1.54, 1.807) is 54.3 Å². The van der Waals surface area contributed by atoms with Gasteiger partial charge in [-0.05, 0) is 90.7 Å². The highest BCUT2D eigenvalue weighted by Crippen LogP contribution is 2.41. The topological polar surface area (TPSA) is 493 Å². The largest absolute Gasteiger partial charge is 0.378 e. The first-order chi connectivity index (χ1) is 58.3. The number of fused-ring (bicyclic) bond motifs is 1. The van der Waals surface area contributed by atoms with Gasteiger partial charge in [0.05, 0.1) is 123 Å². The summed E-state index contributed by atoms with van der Waals surface area (Å²) in [6.45, 7) is 10.00. The quantitative estimate of drug-likeness (QED) is 0.0143. The number of ether oxygens (including phenoxy) is 8. The van der Waals surface area contributed by atoms with Crippen LogP contribution in [0.15, 0.2) is 110 Å². The van der Waals surface area contributed by atoms with Crippen LogP contribution in [0.3, 0.4) is 0 Å². The second-order valence-electron chi connectivity index (χ2n) is 27.7. The Labute approximate surface area is 703 Å². The minimum atomic E-state index is -0.655. The number of hydrogen-bond acceptors (Lipinski definition) is 23. The normalized spacial score (nSPS) is 12.9. The molecule has 0 bridgehead atoms. The van der Waals surface area contributed by atoms with E-state index in [0.717, 1.165) is 34.5 Å². The highest BCUT2D eigenvalue weighted by atomic mass is 35.5.